The molecule has 0 aliphatic rings. The summed E-state index contributed by atoms with van der Waals surface area (Å²) in [6, 6.07) is -0.111. The van der Waals surface area contributed by atoms with E-state index in [2.05, 4.69) is 0 Å². The molecule has 0 rings (SSSR count). The zero-order valence-electron chi connectivity index (χ0n) is 8.13. The smallest absolute Gasteiger partial charge is 0.195 e. The van der Waals surface area contributed by atoms with E-state index in [0.29, 0.717) is 0 Å². The van der Waals surface area contributed by atoms with Crippen molar-refractivity contribution >= 4 is 19.9 Å². The summed E-state index contributed by atoms with van der Waals surface area (Å²) in [5.74, 6) is 0. The van der Waals surface area contributed by atoms with Crippen molar-refractivity contribution in [1.82, 2.24) is 4.31 Å². The molecule has 0 bridgehead atoms. The highest BCUT2D eigenvalue weighted by Crippen LogP contribution is 2.25. The van der Waals surface area contributed by atoms with Crippen molar-refractivity contribution in [1.29, 1.82) is 0 Å². The van der Waals surface area contributed by atoms with Crippen LogP contribution in [-0.2, 0) is 9.24 Å². The van der Waals surface area contributed by atoms with Gasteiger partial charge in [-0.25, -0.2) is 0 Å². The molecule has 5 heteroatoms. The molecule has 74 valence electrons. The van der Waals surface area contributed by atoms with Gasteiger partial charge in [0, 0.05) is 23.8 Å². The van der Waals surface area contributed by atoms with Gasteiger partial charge in [-0.1, -0.05) is 20.8 Å². The van der Waals surface area contributed by atoms with Crippen LogP contribution in [0.5, 0.6) is 0 Å². The Bertz CT molecular complexity index is 243. The molecule has 0 amide bonds. The molecule has 0 saturated heterocycles. The van der Waals surface area contributed by atoms with Crippen LogP contribution in [-0.4, -0.2) is 25.8 Å². The molecular formula is C7H16ClNO2S. The van der Waals surface area contributed by atoms with Gasteiger partial charge in [-0.3, -0.25) is 0 Å². The number of nitrogens with zero attached hydrogens (tertiary/aromatic N) is 1. The van der Waals surface area contributed by atoms with Gasteiger partial charge in [0.05, 0.1) is 0 Å². The Labute approximate surface area is 79.3 Å². The first kappa shape index (κ1) is 12.2. The van der Waals surface area contributed by atoms with Crippen LogP contribution in [0.1, 0.15) is 27.7 Å². The van der Waals surface area contributed by atoms with E-state index in [1.165, 1.54) is 11.4 Å². The Hall–Kier alpha value is 0.200. The molecule has 12 heavy (non-hydrogen) atoms. The van der Waals surface area contributed by atoms with Crippen LogP contribution in [0.25, 0.3) is 0 Å². The highest BCUT2D eigenvalue weighted by atomic mass is 35.7. The van der Waals surface area contributed by atoms with Crippen molar-refractivity contribution in [2.45, 2.75) is 33.7 Å². The number of hydrogen-bond acceptors (Lipinski definition) is 2. The summed E-state index contributed by atoms with van der Waals surface area (Å²) in [6.07, 6.45) is 0. The van der Waals surface area contributed by atoms with Crippen molar-refractivity contribution < 1.29 is 8.42 Å². The molecular weight excluding hydrogens is 198 g/mol. The van der Waals surface area contributed by atoms with Crippen LogP contribution >= 0.6 is 10.7 Å². The third kappa shape index (κ3) is 3.29. The van der Waals surface area contributed by atoms with Crippen molar-refractivity contribution in [2.24, 2.45) is 5.41 Å². The quantitative estimate of drug-likeness (QED) is 0.657. The first-order valence-electron chi connectivity index (χ1n) is 3.74. The van der Waals surface area contributed by atoms with E-state index in [4.69, 9.17) is 10.7 Å². The largest absolute Gasteiger partial charge is 0.299 e. The highest BCUT2D eigenvalue weighted by molar-refractivity contribution is 8.11. The lowest BCUT2D eigenvalue weighted by Gasteiger charge is -2.32. The van der Waals surface area contributed by atoms with Crippen molar-refractivity contribution in [2.75, 3.05) is 7.05 Å². The lowest BCUT2D eigenvalue weighted by molar-refractivity contribution is 0.219. The molecule has 0 aliphatic carbocycles. The van der Waals surface area contributed by atoms with Gasteiger partial charge in [0.25, 0.3) is 9.24 Å². The molecule has 0 aliphatic heterocycles. The van der Waals surface area contributed by atoms with E-state index in [1.807, 2.05) is 27.7 Å². The first-order chi connectivity index (χ1) is 5.07. The normalized spacial score (nSPS) is 16.6. The third-order valence-corrected chi connectivity index (χ3v) is 3.80. The second-order valence-corrected chi connectivity index (χ2v) is 6.57. The van der Waals surface area contributed by atoms with Gasteiger partial charge in [-0.05, 0) is 12.3 Å². The topological polar surface area (TPSA) is 37.4 Å². The molecule has 0 aromatic heterocycles. The van der Waals surface area contributed by atoms with E-state index in [0.717, 1.165) is 0 Å². The lowest BCUT2D eigenvalue weighted by Crippen LogP contribution is -2.40. The summed E-state index contributed by atoms with van der Waals surface area (Å²) in [7, 11) is 3.09. The molecule has 0 saturated carbocycles. The number of rotatable bonds is 2. The Morgan fingerprint density at radius 2 is 1.67 bits per heavy atom. The van der Waals surface area contributed by atoms with Crippen LogP contribution in [0.3, 0.4) is 0 Å². The Balaban J connectivity index is 4.64. The summed E-state index contributed by atoms with van der Waals surface area (Å²) in [5, 5.41) is 0. The lowest BCUT2D eigenvalue weighted by atomic mass is 9.88. The fourth-order valence-electron chi connectivity index (χ4n) is 0.734. The standard InChI is InChI=1S/C7H16ClNO2S/c1-6(7(2,3)4)9(5)12(8,10)11/h6H,1-5H3. The van der Waals surface area contributed by atoms with Crippen molar-refractivity contribution in [3.63, 3.8) is 0 Å². The Morgan fingerprint density at radius 1 is 1.33 bits per heavy atom. The van der Waals surface area contributed by atoms with Crippen LogP contribution in [0.2, 0.25) is 0 Å². The monoisotopic (exact) mass is 213 g/mol. The molecule has 3 nitrogen and oxygen atoms in total. The Kier molecular flexibility index (Phi) is 3.58. The maximum atomic E-state index is 10.9. The minimum Gasteiger partial charge on any atom is -0.195 e. The highest BCUT2D eigenvalue weighted by Gasteiger charge is 2.29. The summed E-state index contributed by atoms with van der Waals surface area (Å²) in [6.45, 7) is 7.74. The van der Waals surface area contributed by atoms with E-state index in [-0.39, 0.29) is 11.5 Å². The van der Waals surface area contributed by atoms with Gasteiger partial charge in [0.1, 0.15) is 0 Å². The number of hydrogen-bond donors (Lipinski definition) is 0. The van der Waals surface area contributed by atoms with Gasteiger partial charge < -0.3 is 0 Å². The number of halogens is 1. The molecule has 0 spiro atoms. The van der Waals surface area contributed by atoms with Gasteiger partial charge in [0.2, 0.25) is 0 Å². The van der Waals surface area contributed by atoms with E-state index < -0.39 is 9.24 Å². The second-order valence-electron chi connectivity index (χ2n) is 4.00. The SMILES string of the molecule is CC(N(C)S(=O)(=O)Cl)C(C)(C)C. The molecule has 0 N–H and O–H groups in total. The average Bonchev–Trinajstić information content (AvgIpc) is 1.80. The zero-order valence-corrected chi connectivity index (χ0v) is 9.70. The van der Waals surface area contributed by atoms with Crippen LogP contribution in [0.15, 0.2) is 0 Å². The second kappa shape index (κ2) is 3.52. The van der Waals surface area contributed by atoms with E-state index in [9.17, 15) is 8.42 Å². The maximum Gasteiger partial charge on any atom is 0.299 e. The van der Waals surface area contributed by atoms with Gasteiger partial charge in [-0.2, -0.15) is 12.7 Å². The van der Waals surface area contributed by atoms with Crippen molar-refractivity contribution in [3.8, 4) is 0 Å². The predicted molar refractivity (Wildman–Crippen MR) is 51.5 cm³/mol. The maximum absolute atomic E-state index is 10.9. The molecule has 0 fully saturated rings. The molecule has 0 heterocycles. The molecule has 1 atom stereocenters. The molecule has 0 aromatic carbocycles. The zero-order chi connectivity index (χ0) is 10.2. The van der Waals surface area contributed by atoms with Crippen LogP contribution < -0.4 is 0 Å². The van der Waals surface area contributed by atoms with E-state index >= 15 is 0 Å². The summed E-state index contributed by atoms with van der Waals surface area (Å²) in [4.78, 5) is 0. The molecule has 0 aromatic rings. The first-order valence-corrected chi connectivity index (χ1v) is 6.01. The molecule has 1 unspecified atom stereocenters. The van der Waals surface area contributed by atoms with Crippen LogP contribution in [0, 0.1) is 5.41 Å². The fraction of sp³-hybridized carbons (Fsp3) is 1.00. The van der Waals surface area contributed by atoms with Crippen LogP contribution in [0.4, 0.5) is 0 Å². The van der Waals surface area contributed by atoms with Gasteiger partial charge in [0.15, 0.2) is 0 Å². The van der Waals surface area contributed by atoms with E-state index in [1.54, 1.807) is 0 Å². The van der Waals surface area contributed by atoms with Crippen molar-refractivity contribution in [3.05, 3.63) is 0 Å². The predicted octanol–water partition coefficient (Wildman–Crippen LogP) is 1.84. The third-order valence-electron chi connectivity index (χ3n) is 2.14. The molecule has 0 radical (unpaired) electrons. The summed E-state index contributed by atoms with van der Waals surface area (Å²) in [5.41, 5.74) is -0.100. The van der Waals surface area contributed by atoms with Gasteiger partial charge in [-0.15, -0.1) is 0 Å². The minimum absolute atomic E-state index is 0.100. The summed E-state index contributed by atoms with van der Waals surface area (Å²) < 4.78 is 23.0. The average molecular weight is 214 g/mol. The Morgan fingerprint density at radius 3 is 1.75 bits per heavy atom. The summed E-state index contributed by atoms with van der Waals surface area (Å²) >= 11 is 0. The van der Waals surface area contributed by atoms with Gasteiger partial charge >= 0.3 is 0 Å². The fourth-order valence-corrected chi connectivity index (χ4v) is 1.79. The minimum atomic E-state index is -3.58.